The van der Waals surface area contributed by atoms with Gasteiger partial charge in [0.1, 0.15) is 23.4 Å². The molecule has 1 heterocycles. The fourth-order valence-electron chi connectivity index (χ4n) is 4.59. The third-order valence-corrected chi connectivity index (χ3v) is 6.81. The summed E-state index contributed by atoms with van der Waals surface area (Å²) in [6.07, 6.45) is 1.04. The van der Waals surface area contributed by atoms with Crippen LogP contribution >= 0.6 is 0 Å². The van der Waals surface area contributed by atoms with Crippen LogP contribution in [0.4, 0.5) is 0 Å². The second kappa shape index (κ2) is 13.2. The minimum absolute atomic E-state index is 0.0826. The Labute approximate surface area is 229 Å². The molecule has 0 saturated carbocycles. The maximum absolute atomic E-state index is 13.8. The zero-order chi connectivity index (χ0) is 27.7. The molecule has 0 saturated heterocycles. The van der Waals surface area contributed by atoms with Gasteiger partial charge in [0.15, 0.2) is 5.54 Å². The number of rotatable bonds is 13. The van der Waals surface area contributed by atoms with Crippen molar-refractivity contribution in [2.75, 3.05) is 34.0 Å². The number of nitrogens with one attached hydrogen (secondary N) is 1. The fraction of sp³-hybridized carbons (Fsp3) is 0.355. The van der Waals surface area contributed by atoms with E-state index in [-0.39, 0.29) is 12.5 Å². The molecule has 1 aliphatic rings. The third-order valence-electron chi connectivity index (χ3n) is 6.81. The largest absolute Gasteiger partial charge is 0.497 e. The summed E-state index contributed by atoms with van der Waals surface area (Å²) in [4.78, 5) is 18.8. The third kappa shape index (κ3) is 6.70. The second-order valence-corrected chi connectivity index (χ2v) is 9.40. The van der Waals surface area contributed by atoms with Crippen molar-refractivity contribution in [2.45, 2.75) is 37.8 Å². The first-order valence-corrected chi connectivity index (χ1v) is 13.1. The van der Waals surface area contributed by atoms with Crippen molar-refractivity contribution >= 4 is 11.8 Å². The second-order valence-electron chi connectivity index (χ2n) is 9.40. The Kier molecular flexibility index (Phi) is 9.44. The smallest absolute Gasteiger partial charge is 0.252 e. The number of benzene rings is 3. The average molecular weight is 533 g/mol. The van der Waals surface area contributed by atoms with Gasteiger partial charge in [0.2, 0.25) is 5.90 Å². The van der Waals surface area contributed by atoms with Gasteiger partial charge in [-0.25, -0.2) is 4.99 Å². The molecule has 2 N–H and O–H groups in total. The standard InChI is InChI=1S/C31H36N2O6/c1-22-31(21-23-8-5-4-6-9-23,30(35)32-17-16-25-20-27(36-2)14-15-28(25)37-3)33-29(39-22)24-10-12-26(13-11-24)38-19-7-18-34/h4-6,8-15,20,22,34H,7,16-19,21H2,1-3H3,(H,32,35)/t22-,31-/m1/s1. The molecule has 0 aromatic heterocycles. The molecule has 1 amide bonds. The van der Waals surface area contributed by atoms with Crippen LogP contribution in [0.3, 0.4) is 0 Å². The van der Waals surface area contributed by atoms with Crippen LogP contribution in [-0.2, 0) is 22.4 Å². The van der Waals surface area contributed by atoms with Crippen molar-refractivity contribution in [2.24, 2.45) is 4.99 Å². The van der Waals surface area contributed by atoms with E-state index in [1.165, 1.54) is 0 Å². The Morgan fingerprint density at radius 2 is 1.77 bits per heavy atom. The number of nitrogens with zero attached hydrogens (tertiary/aromatic N) is 1. The van der Waals surface area contributed by atoms with E-state index in [2.05, 4.69) is 5.32 Å². The molecule has 1 aliphatic heterocycles. The molecule has 0 spiro atoms. The van der Waals surface area contributed by atoms with Gasteiger partial charge in [0.25, 0.3) is 5.91 Å². The van der Waals surface area contributed by atoms with Crippen molar-refractivity contribution < 1.29 is 28.8 Å². The van der Waals surface area contributed by atoms with Crippen molar-refractivity contribution in [3.05, 3.63) is 89.5 Å². The summed E-state index contributed by atoms with van der Waals surface area (Å²) in [5.74, 6) is 2.39. The molecular formula is C31H36N2O6. The minimum Gasteiger partial charge on any atom is -0.497 e. The molecule has 8 nitrogen and oxygen atoms in total. The number of hydrogen-bond donors (Lipinski definition) is 2. The molecular weight excluding hydrogens is 496 g/mol. The number of amides is 1. The van der Waals surface area contributed by atoms with Gasteiger partial charge in [0.05, 0.1) is 20.8 Å². The monoisotopic (exact) mass is 532 g/mol. The van der Waals surface area contributed by atoms with Crippen molar-refractivity contribution in [3.63, 3.8) is 0 Å². The van der Waals surface area contributed by atoms with Gasteiger partial charge in [-0.15, -0.1) is 0 Å². The number of carbonyl (C=O) groups excluding carboxylic acids is 1. The van der Waals surface area contributed by atoms with Gasteiger partial charge in [0, 0.05) is 31.6 Å². The van der Waals surface area contributed by atoms with E-state index in [0.717, 1.165) is 28.2 Å². The molecule has 3 aromatic rings. The number of hydrogen-bond acceptors (Lipinski definition) is 7. The molecule has 8 heteroatoms. The zero-order valence-electron chi connectivity index (χ0n) is 22.7. The maximum atomic E-state index is 13.8. The highest BCUT2D eigenvalue weighted by Crippen LogP contribution is 2.33. The number of methoxy groups -OCH3 is 2. The fourth-order valence-corrected chi connectivity index (χ4v) is 4.59. The summed E-state index contributed by atoms with van der Waals surface area (Å²) in [6.45, 7) is 2.80. The number of aliphatic hydroxyl groups excluding tert-OH is 1. The zero-order valence-corrected chi connectivity index (χ0v) is 22.7. The van der Waals surface area contributed by atoms with Crippen LogP contribution in [-0.4, -0.2) is 62.5 Å². The summed E-state index contributed by atoms with van der Waals surface area (Å²) >= 11 is 0. The molecule has 206 valence electrons. The van der Waals surface area contributed by atoms with E-state index in [9.17, 15) is 4.79 Å². The lowest BCUT2D eigenvalue weighted by molar-refractivity contribution is -0.128. The van der Waals surface area contributed by atoms with E-state index < -0.39 is 11.6 Å². The number of aliphatic imine (C=N–C) groups is 1. The molecule has 0 unspecified atom stereocenters. The van der Waals surface area contributed by atoms with Crippen LogP contribution in [0.25, 0.3) is 0 Å². The number of aliphatic hydroxyl groups is 1. The molecule has 4 rings (SSSR count). The highest BCUT2D eigenvalue weighted by atomic mass is 16.5. The predicted octanol–water partition coefficient (Wildman–Crippen LogP) is 3.97. The van der Waals surface area contributed by atoms with Crippen LogP contribution in [0.2, 0.25) is 0 Å². The lowest BCUT2D eigenvalue weighted by Crippen LogP contribution is -2.52. The van der Waals surface area contributed by atoms with Gasteiger partial charge >= 0.3 is 0 Å². The van der Waals surface area contributed by atoms with Gasteiger partial charge in [-0.05, 0) is 66.9 Å². The average Bonchev–Trinajstić information content (AvgIpc) is 3.30. The number of ether oxygens (including phenoxy) is 4. The highest BCUT2D eigenvalue weighted by Gasteiger charge is 2.50. The molecule has 39 heavy (non-hydrogen) atoms. The van der Waals surface area contributed by atoms with E-state index in [4.69, 9.17) is 29.0 Å². The van der Waals surface area contributed by atoms with Crippen molar-refractivity contribution in [1.29, 1.82) is 0 Å². The van der Waals surface area contributed by atoms with Gasteiger partial charge in [-0.3, -0.25) is 4.79 Å². The summed E-state index contributed by atoms with van der Waals surface area (Å²) in [7, 11) is 3.25. The Bertz CT molecular complexity index is 1260. The molecule has 0 radical (unpaired) electrons. The Morgan fingerprint density at radius 1 is 1.03 bits per heavy atom. The van der Waals surface area contributed by atoms with E-state index >= 15 is 0 Å². The van der Waals surface area contributed by atoms with Crippen LogP contribution in [0.1, 0.15) is 30.0 Å². The first kappa shape index (κ1) is 28.0. The summed E-state index contributed by atoms with van der Waals surface area (Å²) < 4.78 is 22.7. The maximum Gasteiger partial charge on any atom is 0.252 e. The van der Waals surface area contributed by atoms with E-state index in [0.29, 0.717) is 44.1 Å². The molecule has 3 aromatic carbocycles. The lowest BCUT2D eigenvalue weighted by Gasteiger charge is -2.28. The minimum atomic E-state index is -1.13. The SMILES string of the molecule is COc1ccc(OC)c(CCNC(=O)[C@]2(Cc3ccccc3)N=C(c3ccc(OCCCO)cc3)O[C@@H]2C)c1. The molecule has 2 atom stereocenters. The molecule has 0 bridgehead atoms. The Balaban J connectivity index is 1.55. The topological polar surface area (TPSA) is 98.6 Å². The predicted molar refractivity (Wildman–Crippen MR) is 150 cm³/mol. The summed E-state index contributed by atoms with van der Waals surface area (Å²) in [5.41, 5.74) is 1.57. The lowest BCUT2D eigenvalue weighted by atomic mass is 9.86. The van der Waals surface area contributed by atoms with Gasteiger partial charge < -0.3 is 29.4 Å². The Hall–Kier alpha value is -4.04. The first-order valence-electron chi connectivity index (χ1n) is 13.1. The van der Waals surface area contributed by atoms with Crippen LogP contribution in [0, 0.1) is 0 Å². The van der Waals surface area contributed by atoms with E-state index in [1.54, 1.807) is 14.2 Å². The van der Waals surface area contributed by atoms with Crippen molar-refractivity contribution in [1.82, 2.24) is 5.32 Å². The van der Waals surface area contributed by atoms with Crippen molar-refractivity contribution in [3.8, 4) is 17.2 Å². The van der Waals surface area contributed by atoms with Gasteiger partial charge in [-0.1, -0.05) is 30.3 Å². The quantitative estimate of drug-likeness (QED) is 0.323. The summed E-state index contributed by atoms with van der Waals surface area (Å²) in [6, 6.07) is 22.9. The normalized spacial score (nSPS) is 18.2. The van der Waals surface area contributed by atoms with Gasteiger partial charge in [-0.2, -0.15) is 0 Å². The molecule has 0 aliphatic carbocycles. The Morgan fingerprint density at radius 3 is 2.46 bits per heavy atom. The highest BCUT2D eigenvalue weighted by molar-refractivity contribution is 6.00. The number of carbonyl (C=O) groups is 1. The van der Waals surface area contributed by atoms with Crippen LogP contribution < -0.4 is 19.5 Å². The van der Waals surface area contributed by atoms with Crippen LogP contribution in [0.5, 0.6) is 17.2 Å². The first-order chi connectivity index (χ1) is 19.0. The molecule has 0 fully saturated rings. The summed E-state index contributed by atoms with van der Waals surface area (Å²) in [5, 5.41) is 12.1. The van der Waals surface area contributed by atoms with Crippen LogP contribution in [0.15, 0.2) is 77.8 Å². The van der Waals surface area contributed by atoms with E-state index in [1.807, 2.05) is 79.7 Å².